The smallest absolute Gasteiger partial charge is 0.371 e. The largest absolute Gasteiger partial charge is 0.416 e. The Bertz CT molecular complexity index is 945. The van der Waals surface area contributed by atoms with E-state index in [-0.39, 0.29) is 30.7 Å². The molecule has 8 nitrogen and oxygen atoms in total. The molecule has 1 N–H and O–H groups in total. The lowest BCUT2D eigenvalue weighted by Gasteiger charge is -2.44. The molecule has 1 aromatic carbocycles. The number of amides is 3. The molecule has 0 radical (unpaired) electrons. The molecule has 4 aliphatic heterocycles. The van der Waals surface area contributed by atoms with Gasteiger partial charge in [-0.3, -0.25) is 9.69 Å². The summed E-state index contributed by atoms with van der Waals surface area (Å²) in [5.41, 5.74) is 0.965. The number of benzene rings is 1. The van der Waals surface area contributed by atoms with Crippen molar-refractivity contribution in [2.24, 2.45) is 0 Å². The van der Waals surface area contributed by atoms with Crippen LogP contribution < -0.4 is 10.2 Å². The van der Waals surface area contributed by atoms with E-state index >= 15 is 0 Å². The number of hydrogen-bond donors (Lipinski definition) is 1. The summed E-state index contributed by atoms with van der Waals surface area (Å²) in [4.78, 5) is 32.6. The van der Waals surface area contributed by atoms with Crippen LogP contribution in [0.5, 0.6) is 0 Å². The number of nitrogens with zero attached hydrogens (tertiary/aromatic N) is 4. The number of rotatable bonds is 3. The van der Waals surface area contributed by atoms with Gasteiger partial charge in [-0.2, -0.15) is 13.2 Å². The molecular formula is C24H32F3N5O3. The van der Waals surface area contributed by atoms with Gasteiger partial charge in [-0.25, -0.2) is 4.79 Å². The second kappa shape index (κ2) is 9.85. The maximum Gasteiger partial charge on any atom is 0.416 e. The van der Waals surface area contributed by atoms with Crippen molar-refractivity contribution in [2.45, 2.75) is 44.1 Å². The van der Waals surface area contributed by atoms with Gasteiger partial charge in [0, 0.05) is 64.6 Å². The van der Waals surface area contributed by atoms with E-state index in [4.69, 9.17) is 4.74 Å². The maximum absolute atomic E-state index is 13.3. The topological polar surface area (TPSA) is 68.4 Å². The van der Waals surface area contributed by atoms with Crippen LogP contribution in [0, 0.1) is 0 Å². The van der Waals surface area contributed by atoms with Gasteiger partial charge in [0.1, 0.15) is 6.61 Å². The highest BCUT2D eigenvalue weighted by Gasteiger charge is 2.38. The van der Waals surface area contributed by atoms with Crippen LogP contribution in [-0.4, -0.2) is 97.7 Å². The van der Waals surface area contributed by atoms with E-state index in [9.17, 15) is 22.8 Å². The van der Waals surface area contributed by atoms with E-state index in [0.29, 0.717) is 57.9 Å². The number of piperidine rings is 1. The van der Waals surface area contributed by atoms with Crippen LogP contribution >= 0.6 is 0 Å². The first kappa shape index (κ1) is 24.2. The maximum atomic E-state index is 13.3. The van der Waals surface area contributed by atoms with E-state index in [2.05, 4.69) is 15.1 Å². The molecule has 1 aromatic rings. The lowest BCUT2D eigenvalue weighted by atomic mass is 10.0. The number of anilines is 1. The van der Waals surface area contributed by atoms with Gasteiger partial charge in [0.2, 0.25) is 5.91 Å². The number of fused-ring (bicyclic) bond motifs is 1. The van der Waals surface area contributed by atoms with Crippen LogP contribution in [0.4, 0.5) is 23.7 Å². The average molecular weight is 496 g/mol. The van der Waals surface area contributed by atoms with Crippen molar-refractivity contribution in [1.82, 2.24) is 20.0 Å². The number of likely N-dealkylation sites (tertiary alicyclic amines) is 1. The van der Waals surface area contributed by atoms with Crippen LogP contribution in [0.1, 0.15) is 30.4 Å². The van der Waals surface area contributed by atoms with Crippen molar-refractivity contribution in [1.29, 1.82) is 0 Å². The number of hydrogen-bond acceptors (Lipinski definition) is 5. The Morgan fingerprint density at radius 3 is 2.49 bits per heavy atom. The van der Waals surface area contributed by atoms with Crippen LogP contribution in [0.2, 0.25) is 0 Å². The lowest BCUT2D eigenvalue weighted by molar-refractivity contribution is -0.140. The first-order valence-corrected chi connectivity index (χ1v) is 12.4. The molecule has 4 aliphatic rings. The Morgan fingerprint density at radius 1 is 1.03 bits per heavy atom. The summed E-state index contributed by atoms with van der Waals surface area (Å²) >= 11 is 0. The number of ether oxygens (including phenoxy) is 1. The number of carbonyl (C=O) groups excluding carboxylic acids is 2. The number of piperazine rings is 1. The van der Waals surface area contributed by atoms with Crippen LogP contribution in [0.25, 0.3) is 0 Å². The summed E-state index contributed by atoms with van der Waals surface area (Å²) in [5.74, 6) is -0.147. The van der Waals surface area contributed by atoms with Crippen LogP contribution in [0.3, 0.4) is 0 Å². The monoisotopic (exact) mass is 495 g/mol. The van der Waals surface area contributed by atoms with Crippen molar-refractivity contribution in [2.75, 3.05) is 63.9 Å². The van der Waals surface area contributed by atoms with E-state index < -0.39 is 11.7 Å². The molecule has 4 fully saturated rings. The summed E-state index contributed by atoms with van der Waals surface area (Å²) in [5, 5.41) is 2.92. The lowest BCUT2D eigenvalue weighted by Crippen LogP contribution is -2.63. The Hall–Kier alpha value is -2.53. The third kappa shape index (κ3) is 5.35. The summed E-state index contributed by atoms with van der Waals surface area (Å²) in [7, 11) is 0. The standard InChI is InChI=1S/C24H32F3N5O3/c25-24(26,27)18-4-3-17(20(13-18)30-6-1-2-7-30)14-29-9-11-31(12-10-29)23(34)32-8-5-21-19(15-32)28-22(33)16-35-21/h3-4,13,19,21H,1-2,5-12,14-16H2,(H,28,33)/t19-,21+/m1/s1. The normalized spacial score (nSPS) is 26.0. The number of halogens is 3. The fraction of sp³-hybridized carbons (Fsp3) is 0.667. The van der Waals surface area contributed by atoms with Gasteiger partial charge >= 0.3 is 12.2 Å². The quantitative estimate of drug-likeness (QED) is 0.696. The first-order valence-electron chi connectivity index (χ1n) is 12.4. The van der Waals surface area contributed by atoms with Crippen molar-refractivity contribution < 1.29 is 27.5 Å². The molecule has 11 heteroatoms. The molecule has 3 amide bonds. The molecule has 2 atom stereocenters. The molecule has 0 unspecified atom stereocenters. The van der Waals surface area contributed by atoms with Gasteiger partial charge in [-0.05, 0) is 37.0 Å². The minimum Gasteiger partial charge on any atom is -0.371 e. The van der Waals surface area contributed by atoms with Gasteiger partial charge in [0.25, 0.3) is 0 Å². The minimum absolute atomic E-state index is 0.0322. The fourth-order valence-electron chi connectivity index (χ4n) is 5.54. The van der Waals surface area contributed by atoms with Crippen molar-refractivity contribution in [3.63, 3.8) is 0 Å². The van der Waals surface area contributed by atoms with E-state index in [0.717, 1.165) is 31.5 Å². The summed E-state index contributed by atoms with van der Waals surface area (Å²) in [6, 6.07) is 3.87. The highest BCUT2D eigenvalue weighted by molar-refractivity contribution is 5.79. The summed E-state index contributed by atoms with van der Waals surface area (Å²) < 4.78 is 45.6. The molecule has 5 rings (SSSR count). The molecule has 35 heavy (non-hydrogen) atoms. The molecule has 0 aromatic heterocycles. The molecular weight excluding hydrogens is 463 g/mol. The Morgan fingerprint density at radius 2 is 1.77 bits per heavy atom. The highest BCUT2D eigenvalue weighted by atomic mass is 19.4. The van der Waals surface area contributed by atoms with Gasteiger partial charge < -0.3 is 24.8 Å². The second-order valence-electron chi connectivity index (χ2n) is 9.84. The second-order valence-corrected chi connectivity index (χ2v) is 9.84. The molecule has 192 valence electrons. The van der Waals surface area contributed by atoms with Gasteiger partial charge in [0.15, 0.2) is 0 Å². The van der Waals surface area contributed by atoms with Gasteiger partial charge in [-0.15, -0.1) is 0 Å². The predicted molar refractivity (Wildman–Crippen MR) is 123 cm³/mol. The van der Waals surface area contributed by atoms with Crippen LogP contribution in [0.15, 0.2) is 18.2 Å². The van der Waals surface area contributed by atoms with Gasteiger partial charge in [-0.1, -0.05) is 6.07 Å². The fourth-order valence-corrected chi connectivity index (χ4v) is 5.54. The Kier molecular flexibility index (Phi) is 6.80. The highest BCUT2D eigenvalue weighted by Crippen LogP contribution is 2.35. The SMILES string of the molecule is O=C1CO[C@H]2CCN(C(=O)N3CCN(Cc4ccc(C(F)(F)F)cc4N4CCCC4)CC3)C[C@H]2N1. The Balaban J connectivity index is 1.19. The number of morpholine rings is 1. The molecule has 4 saturated heterocycles. The first-order chi connectivity index (χ1) is 16.8. The molecule has 0 saturated carbocycles. The minimum atomic E-state index is -4.36. The average Bonchev–Trinajstić information content (AvgIpc) is 3.38. The van der Waals surface area contributed by atoms with Crippen molar-refractivity contribution >= 4 is 17.6 Å². The zero-order chi connectivity index (χ0) is 24.6. The molecule has 0 spiro atoms. The zero-order valence-electron chi connectivity index (χ0n) is 19.7. The van der Waals surface area contributed by atoms with E-state index in [1.165, 1.54) is 12.1 Å². The van der Waals surface area contributed by atoms with E-state index in [1.807, 2.05) is 4.90 Å². The van der Waals surface area contributed by atoms with Crippen molar-refractivity contribution in [3.8, 4) is 0 Å². The summed E-state index contributed by atoms with van der Waals surface area (Å²) in [6.45, 7) is 5.68. The number of carbonyl (C=O) groups is 2. The van der Waals surface area contributed by atoms with Crippen LogP contribution in [-0.2, 0) is 22.3 Å². The number of alkyl halides is 3. The molecule has 4 heterocycles. The van der Waals surface area contributed by atoms with Crippen molar-refractivity contribution in [3.05, 3.63) is 29.3 Å². The molecule has 0 aliphatic carbocycles. The molecule has 0 bridgehead atoms. The predicted octanol–water partition coefficient (Wildman–Crippen LogP) is 2.13. The number of urea groups is 1. The summed E-state index contributed by atoms with van der Waals surface area (Å²) in [6.07, 6.45) is -1.72. The Labute approximate surface area is 202 Å². The number of nitrogens with one attached hydrogen (secondary N) is 1. The zero-order valence-corrected chi connectivity index (χ0v) is 19.7. The third-order valence-corrected chi connectivity index (χ3v) is 7.49. The van der Waals surface area contributed by atoms with Gasteiger partial charge in [0.05, 0.1) is 17.7 Å². The van der Waals surface area contributed by atoms with E-state index in [1.54, 1.807) is 11.0 Å². The third-order valence-electron chi connectivity index (χ3n) is 7.49.